The number of rotatable bonds is 2. The summed E-state index contributed by atoms with van der Waals surface area (Å²) in [6, 6.07) is 0. The molecule has 0 radical (unpaired) electrons. The normalized spacial score (nSPS) is 34.0. The SMILES string of the molecule is COC1=NCCCCC1C1CCC(C(C)C)CC1. The topological polar surface area (TPSA) is 21.6 Å². The standard InChI is InChI=1S/C16H29NO/c1-12(2)13-7-9-14(10-8-13)15-6-4-5-11-17-16(15)18-3/h12-15H,4-11H2,1-3H3. The zero-order valence-electron chi connectivity index (χ0n) is 12.3. The van der Waals surface area contributed by atoms with Crippen LogP contribution in [0.25, 0.3) is 0 Å². The van der Waals surface area contributed by atoms with Crippen LogP contribution in [0, 0.1) is 23.7 Å². The van der Waals surface area contributed by atoms with Crippen LogP contribution < -0.4 is 0 Å². The lowest BCUT2D eigenvalue weighted by atomic mass is 9.71. The lowest BCUT2D eigenvalue weighted by Crippen LogP contribution is -2.29. The van der Waals surface area contributed by atoms with Gasteiger partial charge in [0.05, 0.1) is 7.11 Å². The van der Waals surface area contributed by atoms with Crippen LogP contribution in [-0.2, 0) is 4.74 Å². The minimum atomic E-state index is 0.616. The Balaban J connectivity index is 1.94. The van der Waals surface area contributed by atoms with Crippen molar-refractivity contribution in [3.8, 4) is 0 Å². The van der Waals surface area contributed by atoms with Crippen LogP contribution in [0.2, 0.25) is 0 Å². The third kappa shape index (κ3) is 3.27. The summed E-state index contributed by atoms with van der Waals surface area (Å²) >= 11 is 0. The second-order valence-electron chi connectivity index (χ2n) is 6.45. The van der Waals surface area contributed by atoms with Gasteiger partial charge in [0, 0.05) is 12.5 Å². The molecule has 1 fully saturated rings. The first-order chi connectivity index (χ1) is 8.72. The summed E-state index contributed by atoms with van der Waals surface area (Å²) in [6.45, 7) is 5.72. The summed E-state index contributed by atoms with van der Waals surface area (Å²) < 4.78 is 5.56. The van der Waals surface area contributed by atoms with Crippen molar-refractivity contribution >= 4 is 5.90 Å². The van der Waals surface area contributed by atoms with Crippen LogP contribution in [0.5, 0.6) is 0 Å². The number of hydrogen-bond donors (Lipinski definition) is 0. The van der Waals surface area contributed by atoms with E-state index in [4.69, 9.17) is 4.74 Å². The van der Waals surface area contributed by atoms with Crippen molar-refractivity contribution in [2.75, 3.05) is 13.7 Å². The summed E-state index contributed by atoms with van der Waals surface area (Å²) in [4.78, 5) is 4.65. The Labute approximate surface area is 112 Å². The summed E-state index contributed by atoms with van der Waals surface area (Å²) in [7, 11) is 1.80. The predicted molar refractivity (Wildman–Crippen MR) is 76.9 cm³/mol. The molecule has 2 heteroatoms. The molecule has 0 N–H and O–H groups in total. The first-order valence-electron chi connectivity index (χ1n) is 7.80. The lowest BCUT2D eigenvalue weighted by Gasteiger charge is -2.35. The Hall–Kier alpha value is -0.530. The Morgan fingerprint density at radius 3 is 2.39 bits per heavy atom. The number of nitrogens with zero attached hydrogens (tertiary/aromatic N) is 1. The van der Waals surface area contributed by atoms with Crippen molar-refractivity contribution in [2.45, 2.75) is 58.8 Å². The third-order valence-electron chi connectivity index (χ3n) is 5.05. The van der Waals surface area contributed by atoms with E-state index in [2.05, 4.69) is 18.8 Å². The van der Waals surface area contributed by atoms with Gasteiger partial charge in [0.25, 0.3) is 0 Å². The fourth-order valence-electron chi connectivity index (χ4n) is 3.77. The minimum Gasteiger partial charge on any atom is -0.484 e. The van der Waals surface area contributed by atoms with Crippen LogP contribution >= 0.6 is 0 Å². The first kappa shape index (κ1) is 13.9. The van der Waals surface area contributed by atoms with Gasteiger partial charge in [-0.1, -0.05) is 20.3 Å². The summed E-state index contributed by atoms with van der Waals surface area (Å²) in [5.74, 6) is 4.31. The van der Waals surface area contributed by atoms with Gasteiger partial charge in [0.15, 0.2) is 5.90 Å². The quantitative estimate of drug-likeness (QED) is 0.717. The van der Waals surface area contributed by atoms with Gasteiger partial charge < -0.3 is 4.74 Å². The molecule has 2 nitrogen and oxygen atoms in total. The highest BCUT2D eigenvalue weighted by Crippen LogP contribution is 2.39. The average molecular weight is 251 g/mol. The maximum atomic E-state index is 5.56. The smallest absolute Gasteiger partial charge is 0.186 e. The molecule has 18 heavy (non-hydrogen) atoms. The molecular weight excluding hydrogens is 222 g/mol. The molecule has 0 spiro atoms. The third-order valence-corrected chi connectivity index (χ3v) is 5.05. The van der Waals surface area contributed by atoms with Crippen LogP contribution in [0.15, 0.2) is 4.99 Å². The molecule has 104 valence electrons. The van der Waals surface area contributed by atoms with E-state index in [-0.39, 0.29) is 0 Å². The molecular formula is C16H29NO. The van der Waals surface area contributed by atoms with E-state index in [9.17, 15) is 0 Å². The summed E-state index contributed by atoms with van der Waals surface area (Å²) in [5.41, 5.74) is 0. The summed E-state index contributed by atoms with van der Waals surface area (Å²) in [5, 5.41) is 0. The van der Waals surface area contributed by atoms with Crippen LogP contribution in [0.4, 0.5) is 0 Å². The fourth-order valence-corrected chi connectivity index (χ4v) is 3.77. The van der Waals surface area contributed by atoms with Gasteiger partial charge in [0.1, 0.15) is 0 Å². The number of ether oxygens (including phenoxy) is 1. The molecule has 0 bridgehead atoms. The maximum absolute atomic E-state index is 5.56. The van der Waals surface area contributed by atoms with Gasteiger partial charge in [-0.2, -0.15) is 0 Å². The molecule has 2 aliphatic rings. The monoisotopic (exact) mass is 251 g/mol. The van der Waals surface area contributed by atoms with E-state index >= 15 is 0 Å². The van der Waals surface area contributed by atoms with E-state index < -0.39 is 0 Å². The Morgan fingerprint density at radius 2 is 1.78 bits per heavy atom. The van der Waals surface area contributed by atoms with Crippen molar-refractivity contribution in [3.05, 3.63) is 0 Å². The molecule has 0 saturated heterocycles. The van der Waals surface area contributed by atoms with Crippen molar-refractivity contribution < 1.29 is 4.74 Å². The van der Waals surface area contributed by atoms with Crippen molar-refractivity contribution in [3.63, 3.8) is 0 Å². The maximum Gasteiger partial charge on any atom is 0.186 e. The lowest BCUT2D eigenvalue weighted by molar-refractivity contribution is 0.182. The molecule has 0 aromatic carbocycles. The first-order valence-corrected chi connectivity index (χ1v) is 7.80. The van der Waals surface area contributed by atoms with Gasteiger partial charge in [0.2, 0.25) is 0 Å². The van der Waals surface area contributed by atoms with Crippen LogP contribution in [0.1, 0.15) is 58.8 Å². The average Bonchev–Trinajstić information content (AvgIpc) is 2.63. The Morgan fingerprint density at radius 1 is 1.06 bits per heavy atom. The molecule has 2 rings (SSSR count). The van der Waals surface area contributed by atoms with E-state index in [0.29, 0.717) is 5.92 Å². The largest absolute Gasteiger partial charge is 0.484 e. The van der Waals surface area contributed by atoms with Gasteiger partial charge in [-0.15, -0.1) is 0 Å². The van der Waals surface area contributed by atoms with E-state index in [0.717, 1.165) is 30.2 Å². The van der Waals surface area contributed by atoms with Crippen LogP contribution in [0.3, 0.4) is 0 Å². The second-order valence-corrected chi connectivity index (χ2v) is 6.45. The number of methoxy groups -OCH3 is 1. The molecule has 0 aromatic rings. The van der Waals surface area contributed by atoms with Crippen molar-refractivity contribution in [2.24, 2.45) is 28.7 Å². The highest BCUT2D eigenvalue weighted by atomic mass is 16.5. The van der Waals surface area contributed by atoms with Crippen molar-refractivity contribution in [1.29, 1.82) is 0 Å². The van der Waals surface area contributed by atoms with Crippen LogP contribution in [-0.4, -0.2) is 19.6 Å². The van der Waals surface area contributed by atoms with Gasteiger partial charge >= 0.3 is 0 Å². The molecule has 1 unspecified atom stereocenters. The molecule has 1 atom stereocenters. The van der Waals surface area contributed by atoms with E-state index in [1.54, 1.807) is 7.11 Å². The second kappa shape index (κ2) is 6.58. The van der Waals surface area contributed by atoms with E-state index in [1.807, 2.05) is 0 Å². The van der Waals surface area contributed by atoms with Gasteiger partial charge in [-0.3, -0.25) is 4.99 Å². The predicted octanol–water partition coefficient (Wildman–Crippen LogP) is 4.29. The number of hydrogen-bond acceptors (Lipinski definition) is 2. The number of aliphatic imine (C=N–C) groups is 1. The Bertz CT molecular complexity index is 277. The highest BCUT2D eigenvalue weighted by molar-refractivity contribution is 5.79. The van der Waals surface area contributed by atoms with Gasteiger partial charge in [-0.05, 0) is 56.3 Å². The molecule has 1 saturated carbocycles. The molecule has 1 aliphatic heterocycles. The zero-order valence-corrected chi connectivity index (χ0v) is 12.3. The molecule has 0 aromatic heterocycles. The van der Waals surface area contributed by atoms with E-state index in [1.165, 1.54) is 44.9 Å². The Kier molecular flexibility index (Phi) is 5.08. The fraction of sp³-hybridized carbons (Fsp3) is 0.938. The highest BCUT2D eigenvalue weighted by Gasteiger charge is 2.32. The van der Waals surface area contributed by atoms with Crippen molar-refractivity contribution in [1.82, 2.24) is 0 Å². The molecule has 1 heterocycles. The summed E-state index contributed by atoms with van der Waals surface area (Å²) in [6.07, 6.45) is 9.46. The molecule has 0 amide bonds. The molecule has 1 aliphatic carbocycles. The zero-order chi connectivity index (χ0) is 13.0. The minimum absolute atomic E-state index is 0.616. The van der Waals surface area contributed by atoms with Gasteiger partial charge in [-0.25, -0.2) is 0 Å².